The second-order valence-electron chi connectivity index (χ2n) is 4.58. The summed E-state index contributed by atoms with van der Waals surface area (Å²) >= 11 is 0. The molecule has 0 radical (unpaired) electrons. The fourth-order valence-electron chi connectivity index (χ4n) is 1.82. The van der Waals surface area contributed by atoms with Gasteiger partial charge in [0.25, 0.3) is 0 Å². The summed E-state index contributed by atoms with van der Waals surface area (Å²) in [6, 6.07) is 11.8. The van der Waals surface area contributed by atoms with E-state index in [1.54, 1.807) is 6.07 Å². The normalized spacial score (nSPS) is 11.5. The average Bonchev–Trinajstić information content (AvgIpc) is 2.47. The highest BCUT2D eigenvalue weighted by atomic mass is 19.1. The van der Waals surface area contributed by atoms with E-state index in [4.69, 9.17) is 10.00 Å². The number of hydrogen-bond donors (Lipinski definition) is 1. The van der Waals surface area contributed by atoms with Crippen LogP contribution in [0.5, 0.6) is 5.75 Å². The fourth-order valence-corrected chi connectivity index (χ4v) is 1.82. The van der Waals surface area contributed by atoms with Gasteiger partial charge >= 0.3 is 0 Å². The monoisotopic (exact) mass is 288 g/mol. The van der Waals surface area contributed by atoms with E-state index in [0.29, 0.717) is 18.0 Å². The summed E-state index contributed by atoms with van der Waals surface area (Å²) in [6.45, 7) is 2.14. The lowest BCUT2D eigenvalue weighted by Crippen LogP contribution is -2.24. The number of rotatable bonds is 5. The lowest BCUT2D eigenvalue weighted by atomic mass is 10.1. The molecule has 0 aliphatic rings. The molecule has 2 aromatic carbocycles. The Hall–Kier alpha value is -2.61. The van der Waals surface area contributed by atoms with E-state index in [9.17, 15) is 8.78 Å². The lowest BCUT2D eigenvalue weighted by molar-refractivity contribution is 0.303. The number of ether oxygens (including phenoxy) is 1. The largest absolute Gasteiger partial charge is 0.491 e. The first-order valence-corrected chi connectivity index (χ1v) is 6.43. The van der Waals surface area contributed by atoms with Crippen molar-refractivity contribution in [3.63, 3.8) is 0 Å². The Morgan fingerprint density at radius 1 is 1.19 bits per heavy atom. The van der Waals surface area contributed by atoms with Crippen LogP contribution in [0.15, 0.2) is 42.5 Å². The van der Waals surface area contributed by atoms with Crippen molar-refractivity contribution in [1.29, 1.82) is 5.26 Å². The average molecular weight is 288 g/mol. The van der Waals surface area contributed by atoms with Crippen LogP contribution >= 0.6 is 0 Å². The van der Waals surface area contributed by atoms with Gasteiger partial charge in [0.1, 0.15) is 35.6 Å². The van der Waals surface area contributed by atoms with Crippen LogP contribution in [0, 0.1) is 23.0 Å². The molecule has 0 fully saturated rings. The summed E-state index contributed by atoms with van der Waals surface area (Å²) in [7, 11) is 0. The van der Waals surface area contributed by atoms with E-state index in [1.807, 2.05) is 13.0 Å². The molecule has 1 N–H and O–H groups in total. The van der Waals surface area contributed by atoms with Gasteiger partial charge in [0.15, 0.2) is 0 Å². The number of nitriles is 1. The molecule has 0 heterocycles. The van der Waals surface area contributed by atoms with E-state index < -0.39 is 5.82 Å². The Morgan fingerprint density at radius 2 is 1.90 bits per heavy atom. The summed E-state index contributed by atoms with van der Waals surface area (Å²) in [5.74, 6) is -0.342. The quantitative estimate of drug-likeness (QED) is 0.912. The summed E-state index contributed by atoms with van der Waals surface area (Å²) in [6.07, 6.45) is 0. The van der Waals surface area contributed by atoms with Crippen molar-refractivity contribution in [2.24, 2.45) is 0 Å². The summed E-state index contributed by atoms with van der Waals surface area (Å²) in [4.78, 5) is 0. The Labute approximate surface area is 121 Å². The number of halogens is 2. The van der Waals surface area contributed by atoms with Crippen LogP contribution in [-0.2, 0) is 0 Å². The van der Waals surface area contributed by atoms with Crippen molar-refractivity contribution in [3.05, 3.63) is 59.7 Å². The molecule has 0 saturated heterocycles. The maximum absolute atomic E-state index is 13.5. The van der Waals surface area contributed by atoms with Gasteiger partial charge in [-0.2, -0.15) is 5.26 Å². The van der Waals surface area contributed by atoms with Crippen molar-refractivity contribution in [3.8, 4) is 11.8 Å². The minimum absolute atomic E-state index is 0.0221. The van der Waals surface area contributed by atoms with Gasteiger partial charge in [-0.25, -0.2) is 8.78 Å². The summed E-state index contributed by atoms with van der Waals surface area (Å²) < 4.78 is 31.7. The van der Waals surface area contributed by atoms with Crippen LogP contribution in [0.25, 0.3) is 0 Å². The summed E-state index contributed by atoms with van der Waals surface area (Å²) in [5, 5.41) is 12.0. The molecule has 0 aromatic heterocycles. The minimum Gasteiger partial charge on any atom is -0.491 e. The van der Waals surface area contributed by atoms with Crippen LogP contribution in [-0.4, -0.2) is 12.6 Å². The molecule has 108 valence electrons. The highest BCUT2D eigenvalue weighted by molar-refractivity contribution is 5.58. The molecule has 0 amide bonds. The SMILES string of the molecule is CC(COc1ccc(F)cc1)Nc1cccc(F)c1C#N. The molecule has 2 aromatic rings. The lowest BCUT2D eigenvalue weighted by Gasteiger charge is -2.17. The van der Waals surface area contributed by atoms with Crippen molar-refractivity contribution >= 4 is 5.69 Å². The second kappa shape index (κ2) is 6.71. The second-order valence-corrected chi connectivity index (χ2v) is 4.58. The van der Waals surface area contributed by atoms with E-state index in [1.165, 1.54) is 36.4 Å². The molecule has 2 rings (SSSR count). The molecule has 0 saturated carbocycles. The zero-order valence-corrected chi connectivity index (χ0v) is 11.4. The zero-order valence-electron chi connectivity index (χ0n) is 11.4. The third-order valence-electron chi connectivity index (χ3n) is 2.84. The van der Waals surface area contributed by atoms with Crippen molar-refractivity contribution < 1.29 is 13.5 Å². The molecule has 0 aliphatic heterocycles. The molecular weight excluding hydrogens is 274 g/mol. The van der Waals surface area contributed by atoms with E-state index >= 15 is 0 Å². The van der Waals surface area contributed by atoms with Crippen molar-refractivity contribution in [2.45, 2.75) is 13.0 Å². The molecule has 1 atom stereocenters. The molecule has 0 bridgehead atoms. The van der Waals surface area contributed by atoms with Crippen LogP contribution in [0.1, 0.15) is 12.5 Å². The van der Waals surface area contributed by atoms with Gasteiger partial charge in [-0.1, -0.05) is 6.07 Å². The maximum atomic E-state index is 13.5. The predicted octanol–water partition coefficient (Wildman–Crippen LogP) is 3.72. The highest BCUT2D eigenvalue weighted by Crippen LogP contribution is 2.19. The van der Waals surface area contributed by atoms with Gasteiger partial charge < -0.3 is 10.1 Å². The van der Waals surface area contributed by atoms with Crippen molar-refractivity contribution in [2.75, 3.05) is 11.9 Å². The standard InChI is InChI=1S/C16H14F2N2O/c1-11(10-21-13-7-5-12(17)6-8-13)20-16-4-2-3-15(18)14(16)9-19/h2-8,11,20H,10H2,1H3. The van der Waals surface area contributed by atoms with E-state index in [0.717, 1.165) is 0 Å². The smallest absolute Gasteiger partial charge is 0.143 e. The van der Waals surface area contributed by atoms with Gasteiger partial charge in [-0.3, -0.25) is 0 Å². The first kappa shape index (κ1) is 14.8. The van der Waals surface area contributed by atoms with Crippen LogP contribution < -0.4 is 10.1 Å². The molecular formula is C16H14F2N2O. The van der Waals surface area contributed by atoms with Crippen LogP contribution in [0.4, 0.5) is 14.5 Å². The van der Waals surface area contributed by atoms with Gasteiger partial charge in [-0.15, -0.1) is 0 Å². The molecule has 0 aliphatic carbocycles. The first-order chi connectivity index (χ1) is 10.1. The van der Waals surface area contributed by atoms with Crippen LogP contribution in [0.3, 0.4) is 0 Å². The topological polar surface area (TPSA) is 45.0 Å². The third-order valence-corrected chi connectivity index (χ3v) is 2.84. The number of hydrogen-bond acceptors (Lipinski definition) is 3. The molecule has 21 heavy (non-hydrogen) atoms. The third kappa shape index (κ3) is 3.93. The molecule has 1 unspecified atom stereocenters. The number of nitrogens with one attached hydrogen (secondary N) is 1. The van der Waals surface area contributed by atoms with Gasteiger partial charge in [0, 0.05) is 0 Å². The molecule has 0 spiro atoms. The highest BCUT2D eigenvalue weighted by Gasteiger charge is 2.10. The Morgan fingerprint density at radius 3 is 2.57 bits per heavy atom. The van der Waals surface area contributed by atoms with E-state index in [2.05, 4.69) is 5.32 Å². The summed E-state index contributed by atoms with van der Waals surface area (Å²) in [5.41, 5.74) is 0.402. The predicted molar refractivity (Wildman–Crippen MR) is 76.1 cm³/mol. The Kier molecular flexibility index (Phi) is 4.72. The number of benzene rings is 2. The number of nitrogens with zero attached hydrogens (tertiary/aromatic N) is 1. The van der Waals surface area contributed by atoms with Gasteiger partial charge in [-0.05, 0) is 43.3 Å². The Balaban J connectivity index is 1.96. The van der Waals surface area contributed by atoms with Gasteiger partial charge in [0.2, 0.25) is 0 Å². The van der Waals surface area contributed by atoms with E-state index in [-0.39, 0.29) is 17.4 Å². The molecule has 5 heteroatoms. The van der Waals surface area contributed by atoms with Gasteiger partial charge in [0.05, 0.1) is 11.7 Å². The Bertz CT molecular complexity index is 650. The maximum Gasteiger partial charge on any atom is 0.143 e. The molecule has 3 nitrogen and oxygen atoms in total. The number of anilines is 1. The minimum atomic E-state index is -0.561. The van der Waals surface area contributed by atoms with Crippen molar-refractivity contribution in [1.82, 2.24) is 0 Å². The first-order valence-electron chi connectivity index (χ1n) is 6.43. The van der Waals surface area contributed by atoms with Crippen LogP contribution in [0.2, 0.25) is 0 Å². The zero-order chi connectivity index (χ0) is 15.2. The fraction of sp³-hybridized carbons (Fsp3) is 0.188.